The van der Waals surface area contributed by atoms with Crippen LogP contribution in [0.25, 0.3) is 10.9 Å². The summed E-state index contributed by atoms with van der Waals surface area (Å²) in [7, 11) is 0. The SMILES string of the molecule is CC(C)Oc1ccc(Cl)cc1CN1C[C@@H](Cc2ccnc3ccccc23)[C@@H](O)C1. The van der Waals surface area contributed by atoms with E-state index in [1.54, 1.807) is 0 Å². The van der Waals surface area contributed by atoms with Crippen molar-refractivity contribution in [1.82, 2.24) is 9.88 Å². The molecule has 0 unspecified atom stereocenters. The molecule has 0 saturated carbocycles. The van der Waals surface area contributed by atoms with Gasteiger partial charge in [-0.2, -0.15) is 0 Å². The third kappa shape index (κ3) is 4.72. The van der Waals surface area contributed by atoms with Gasteiger partial charge in [-0.05, 0) is 56.2 Å². The van der Waals surface area contributed by atoms with Crippen LogP contribution in [-0.4, -0.2) is 40.3 Å². The number of benzene rings is 2. The van der Waals surface area contributed by atoms with Gasteiger partial charge in [-0.15, -0.1) is 0 Å². The number of aliphatic hydroxyl groups excluding tert-OH is 1. The minimum absolute atomic E-state index is 0.104. The number of aliphatic hydroxyl groups is 1. The van der Waals surface area contributed by atoms with Gasteiger partial charge in [0.05, 0.1) is 17.7 Å². The lowest BCUT2D eigenvalue weighted by molar-refractivity contribution is 0.141. The molecule has 2 aromatic carbocycles. The van der Waals surface area contributed by atoms with E-state index >= 15 is 0 Å². The zero-order chi connectivity index (χ0) is 20.4. The molecule has 0 bridgehead atoms. The second-order valence-electron chi connectivity index (χ2n) is 8.13. The number of hydrogen-bond acceptors (Lipinski definition) is 4. The minimum atomic E-state index is -0.351. The summed E-state index contributed by atoms with van der Waals surface area (Å²) in [6.45, 7) is 6.25. The van der Waals surface area contributed by atoms with Crippen LogP contribution < -0.4 is 4.74 Å². The van der Waals surface area contributed by atoms with Crippen LogP contribution in [0.2, 0.25) is 5.02 Å². The zero-order valence-corrected chi connectivity index (χ0v) is 17.6. The average molecular weight is 411 g/mol. The Morgan fingerprint density at radius 2 is 1.97 bits per heavy atom. The van der Waals surface area contributed by atoms with Gasteiger partial charge in [-0.1, -0.05) is 29.8 Å². The maximum absolute atomic E-state index is 10.7. The minimum Gasteiger partial charge on any atom is -0.491 e. The Balaban J connectivity index is 1.49. The highest BCUT2D eigenvalue weighted by Crippen LogP contribution is 2.30. The van der Waals surface area contributed by atoms with Gasteiger partial charge in [-0.3, -0.25) is 9.88 Å². The smallest absolute Gasteiger partial charge is 0.124 e. The standard InChI is InChI=1S/C24H27ClN2O2/c1-16(2)29-24-8-7-20(25)12-19(24)14-27-13-18(23(28)15-27)11-17-9-10-26-22-6-4-3-5-21(17)22/h3-10,12,16,18,23,28H,11,13-15H2,1-2H3/t18-,23+/m1/s1. The highest BCUT2D eigenvalue weighted by Gasteiger charge is 2.32. The van der Waals surface area contributed by atoms with Crippen molar-refractivity contribution < 1.29 is 9.84 Å². The van der Waals surface area contributed by atoms with Crippen molar-refractivity contribution in [3.05, 3.63) is 70.9 Å². The van der Waals surface area contributed by atoms with Crippen LogP contribution in [0.15, 0.2) is 54.7 Å². The summed E-state index contributed by atoms with van der Waals surface area (Å²) in [6.07, 6.45) is 2.45. The van der Waals surface area contributed by atoms with Gasteiger partial charge in [0.15, 0.2) is 0 Å². The molecule has 4 rings (SSSR count). The summed E-state index contributed by atoms with van der Waals surface area (Å²) in [5.74, 6) is 1.05. The molecule has 152 valence electrons. The summed E-state index contributed by atoms with van der Waals surface area (Å²) in [4.78, 5) is 6.74. The number of fused-ring (bicyclic) bond motifs is 1. The lowest BCUT2D eigenvalue weighted by atomic mass is 9.94. The van der Waals surface area contributed by atoms with Crippen LogP contribution in [0.3, 0.4) is 0 Å². The van der Waals surface area contributed by atoms with Crippen molar-refractivity contribution in [3.8, 4) is 5.75 Å². The molecule has 1 aliphatic rings. The fourth-order valence-electron chi connectivity index (χ4n) is 4.17. The first-order valence-corrected chi connectivity index (χ1v) is 10.6. The number of nitrogens with zero attached hydrogens (tertiary/aromatic N) is 2. The van der Waals surface area contributed by atoms with Crippen molar-refractivity contribution in [2.24, 2.45) is 5.92 Å². The Morgan fingerprint density at radius 1 is 1.14 bits per heavy atom. The zero-order valence-electron chi connectivity index (χ0n) is 16.9. The molecule has 4 nitrogen and oxygen atoms in total. The van der Waals surface area contributed by atoms with E-state index in [0.717, 1.165) is 29.8 Å². The van der Waals surface area contributed by atoms with E-state index < -0.39 is 0 Å². The van der Waals surface area contributed by atoms with Crippen molar-refractivity contribution in [2.75, 3.05) is 13.1 Å². The van der Waals surface area contributed by atoms with E-state index in [1.165, 1.54) is 10.9 Å². The molecular weight excluding hydrogens is 384 g/mol. The molecule has 2 heterocycles. The second kappa shape index (κ2) is 8.70. The average Bonchev–Trinajstić information content (AvgIpc) is 3.03. The topological polar surface area (TPSA) is 45.6 Å². The fourth-order valence-corrected chi connectivity index (χ4v) is 4.36. The van der Waals surface area contributed by atoms with Crippen LogP contribution in [0.1, 0.15) is 25.0 Å². The predicted octanol–water partition coefficient (Wildman–Crippen LogP) is 4.71. The van der Waals surface area contributed by atoms with Gasteiger partial charge in [0.1, 0.15) is 5.75 Å². The largest absolute Gasteiger partial charge is 0.491 e. The van der Waals surface area contributed by atoms with Gasteiger partial charge in [-0.25, -0.2) is 0 Å². The molecule has 0 amide bonds. The van der Waals surface area contributed by atoms with E-state index in [9.17, 15) is 5.11 Å². The molecule has 1 aliphatic heterocycles. The summed E-state index contributed by atoms with van der Waals surface area (Å²) in [6, 6.07) is 16.0. The maximum Gasteiger partial charge on any atom is 0.124 e. The molecule has 0 aliphatic carbocycles. The predicted molar refractivity (Wildman–Crippen MR) is 117 cm³/mol. The van der Waals surface area contributed by atoms with Crippen LogP contribution in [0.4, 0.5) is 0 Å². The lowest BCUT2D eigenvalue weighted by Gasteiger charge is -2.20. The van der Waals surface area contributed by atoms with E-state index in [2.05, 4.69) is 22.0 Å². The molecule has 3 aromatic rings. The second-order valence-corrected chi connectivity index (χ2v) is 8.57. The van der Waals surface area contributed by atoms with E-state index in [4.69, 9.17) is 16.3 Å². The number of hydrogen-bond donors (Lipinski definition) is 1. The molecule has 1 fully saturated rings. The third-order valence-corrected chi connectivity index (χ3v) is 5.72. The third-order valence-electron chi connectivity index (χ3n) is 5.48. The Bertz CT molecular complexity index is 986. The number of β-amino-alcohol motifs (C(OH)–C–C–N with tert-alkyl or cyclic N) is 1. The number of rotatable bonds is 6. The van der Waals surface area contributed by atoms with E-state index in [1.807, 2.05) is 56.4 Å². The lowest BCUT2D eigenvalue weighted by Crippen LogP contribution is -2.22. The molecule has 1 saturated heterocycles. The first-order valence-electron chi connectivity index (χ1n) is 10.2. The maximum atomic E-state index is 10.7. The van der Waals surface area contributed by atoms with Crippen molar-refractivity contribution in [3.63, 3.8) is 0 Å². The summed E-state index contributed by atoms with van der Waals surface area (Å²) < 4.78 is 5.95. The highest BCUT2D eigenvalue weighted by atomic mass is 35.5. The molecule has 1 aromatic heterocycles. The van der Waals surface area contributed by atoms with Crippen LogP contribution in [0, 0.1) is 5.92 Å². The summed E-state index contributed by atoms with van der Waals surface area (Å²) in [5, 5.41) is 12.6. The van der Waals surface area contributed by atoms with Crippen LogP contribution in [-0.2, 0) is 13.0 Å². The molecule has 1 N–H and O–H groups in total. The fraction of sp³-hybridized carbons (Fsp3) is 0.375. The van der Waals surface area contributed by atoms with Gasteiger partial charge < -0.3 is 9.84 Å². The quantitative estimate of drug-likeness (QED) is 0.639. The number of likely N-dealkylation sites (tertiary alicyclic amines) is 1. The number of ether oxygens (including phenoxy) is 1. The molecular formula is C24H27ClN2O2. The Morgan fingerprint density at radius 3 is 2.79 bits per heavy atom. The summed E-state index contributed by atoms with van der Waals surface area (Å²) in [5.41, 5.74) is 3.31. The van der Waals surface area contributed by atoms with Gasteiger partial charge in [0.25, 0.3) is 0 Å². The number of halogens is 1. The number of aromatic nitrogens is 1. The van der Waals surface area contributed by atoms with Gasteiger partial charge in [0, 0.05) is 47.7 Å². The Labute approximate surface area is 177 Å². The molecule has 29 heavy (non-hydrogen) atoms. The highest BCUT2D eigenvalue weighted by molar-refractivity contribution is 6.30. The van der Waals surface area contributed by atoms with Gasteiger partial charge >= 0.3 is 0 Å². The molecule has 2 atom stereocenters. The molecule has 0 radical (unpaired) electrons. The monoisotopic (exact) mass is 410 g/mol. The number of pyridine rings is 1. The Hall–Kier alpha value is -2.14. The first-order chi connectivity index (χ1) is 14.0. The summed E-state index contributed by atoms with van der Waals surface area (Å²) >= 11 is 6.23. The van der Waals surface area contributed by atoms with Crippen LogP contribution >= 0.6 is 11.6 Å². The molecule has 5 heteroatoms. The van der Waals surface area contributed by atoms with Crippen molar-refractivity contribution >= 4 is 22.5 Å². The van der Waals surface area contributed by atoms with Gasteiger partial charge in [0.2, 0.25) is 0 Å². The van der Waals surface area contributed by atoms with Crippen molar-refractivity contribution in [1.29, 1.82) is 0 Å². The normalized spacial score (nSPS) is 19.9. The van der Waals surface area contributed by atoms with Crippen molar-refractivity contribution in [2.45, 2.75) is 39.0 Å². The molecule has 0 spiro atoms. The first kappa shape index (κ1) is 20.1. The number of para-hydroxylation sites is 1. The van der Waals surface area contributed by atoms with E-state index in [-0.39, 0.29) is 18.1 Å². The van der Waals surface area contributed by atoms with E-state index in [0.29, 0.717) is 18.1 Å². The van der Waals surface area contributed by atoms with Crippen LogP contribution in [0.5, 0.6) is 5.75 Å². The Kier molecular flexibility index (Phi) is 6.04.